The van der Waals surface area contributed by atoms with Gasteiger partial charge in [0.2, 0.25) is 5.91 Å². The van der Waals surface area contributed by atoms with Gasteiger partial charge in [0.15, 0.2) is 5.78 Å². The van der Waals surface area contributed by atoms with E-state index in [0.717, 1.165) is 22.5 Å². The van der Waals surface area contributed by atoms with Crippen molar-refractivity contribution in [3.8, 4) is 0 Å². The summed E-state index contributed by atoms with van der Waals surface area (Å²) in [5.41, 5.74) is 4.96. The van der Waals surface area contributed by atoms with Crippen LogP contribution in [0.2, 0.25) is 5.15 Å². The zero-order chi connectivity index (χ0) is 22.8. The molecule has 6 heteroatoms. The zero-order valence-corrected chi connectivity index (χ0v) is 18.5. The van der Waals surface area contributed by atoms with E-state index in [1.54, 1.807) is 24.3 Å². The number of halogens is 1. The standard InChI is InChI=1S/C27H22ClN3O2/c28-24-15-14-23-26(30-22-9-5-4-8-20(22)17-31(23)24)27(33)19-10-12-21(13-11-19)29-25(32)16-18-6-2-1-3-7-18/h1-15,26,30H,16-17H2,(H,29,32). The Kier molecular flexibility index (Phi) is 5.71. The molecular weight excluding hydrogens is 434 g/mol. The summed E-state index contributed by atoms with van der Waals surface area (Å²) in [6.07, 6.45) is 0.296. The zero-order valence-electron chi connectivity index (χ0n) is 17.8. The third-order valence-electron chi connectivity index (χ3n) is 5.83. The molecule has 1 atom stereocenters. The van der Waals surface area contributed by atoms with Gasteiger partial charge in [0, 0.05) is 22.6 Å². The number of hydrogen-bond donors (Lipinski definition) is 2. The van der Waals surface area contributed by atoms with Crippen molar-refractivity contribution in [2.75, 3.05) is 10.6 Å². The third-order valence-corrected chi connectivity index (χ3v) is 6.16. The number of fused-ring (bicyclic) bond motifs is 2. The summed E-state index contributed by atoms with van der Waals surface area (Å²) in [6, 6.07) is 27.6. The fourth-order valence-corrected chi connectivity index (χ4v) is 4.37. The van der Waals surface area contributed by atoms with Crippen molar-refractivity contribution in [3.63, 3.8) is 0 Å². The van der Waals surface area contributed by atoms with Gasteiger partial charge >= 0.3 is 0 Å². The summed E-state index contributed by atoms with van der Waals surface area (Å²) >= 11 is 6.42. The van der Waals surface area contributed by atoms with Crippen LogP contribution >= 0.6 is 11.6 Å². The Balaban J connectivity index is 1.35. The van der Waals surface area contributed by atoms with Crippen LogP contribution in [-0.2, 0) is 17.8 Å². The van der Waals surface area contributed by atoms with E-state index in [4.69, 9.17) is 11.6 Å². The molecule has 0 radical (unpaired) electrons. The van der Waals surface area contributed by atoms with Crippen LogP contribution in [0.1, 0.15) is 33.2 Å². The first-order valence-corrected chi connectivity index (χ1v) is 11.1. The number of carbonyl (C=O) groups excluding carboxylic acids is 2. The highest BCUT2D eigenvalue weighted by molar-refractivity contribution is 6.29. The smallest absolute Gasteiger partial charge is 0.228 e. The second-order valence-corrected chi connectivity index (χ2v) is 8.44. The first kappa shape index (κ1) is 21.0. The molecule has 2 N–H and O–H groups in total. The maximum absolute atomic E-state index is 13.5. The van der Waals surface area contributed by atoms with Gasteiger partial charge in [-0.25, -0.2) is 0 Å². The molecule has 1 aliphatic heterocycles. The predicted octanol–water partition coefficient (Wildman–Crippen LogP) is 5.72. The van der Waals surface area contributed by atoms with E-state index >= 15 is 0 Å². The Hall–Kier alpha value is -3.83. The Labute approximate surface area is 197 Å². The van der Waals surface area contributed by atoms with E-state index in [0.29, 0.717) is 29.4 Å². The summed E-state index contributed by atoms with van der Waals surface area (Å²) in [4.78, 5) is 25.8. The van der Waals surface area contributed by atoms with Gasteiger partial charge < -0.3 is 15.2 Å². The number of ketones is 1. The lowest BCUT2D eigenvalue weighted by molar-refractivity contribution is -0.115. The van der Waals surface area contributed by atoms with Crippen LogP contribution in [0.25, 0.3) is 0 Å². The number of anilines is 2. The van der Waals surface area contributed by atoms with E-state index in [2.05, 4.69) is 10.6 Å². The Bertz CT molecular complexity index is 1310. The number of benzene rings is 3. The maximum Gasteiger partial charge on any atom is 0.228 e. The normalized spacial score (nSPS) is 14.4. The number of aromatic nitrogens is 1. The average molecular weight is 456 g/mol. The minimum absolute atomic E-state index is 0.0649. The number of carbonyl (C=O) groups is 2. The van der Waals surface area contributed by atoms with Gasteiger partial charge in [0.1, 0.15) is 11.2 Å². The van der Waals surface area contributed by atoms with Crippen LogP contribution < -0.4 is 10.6 Å². The molecule has 0 spiro atoms. The second-order valence-electron chi connectivity index (χ2n) is 8.05. The summed E-state index contributed by atoms with van der Waals surface area (Å²) in [5, 5.41) is 6.89. The van der Waals surface area contributed by atoms with Crippen molar-refractivity contribution in [1.82, 2.24) is 4.57 Å². The van der Waals surface area contributed by atoms with E-state index < -0.39 is 6.04 Å². The molecule has 0 aliphatic carbocycles. The van der Waals surface area contributed by atoms with Gasteiger partial charge in [0.05, 0.1) is 13.0 Å². The lowest BCUT2D eigenvalue weighted by atomic mass is 10.0. The Morgan fingerprint density at radius 2 is 1.64 bits per heavy atom. The van der Waals surface area contributed by atoms with Crippen molar-refractivity contribution < 1.29 is 9.59 Å². The molecule has 1 unspecified atom stereocenters. The van der Waals surface area contributed by atoms with Gasteiger partial charge in [-0.3, -0.25) is 9.59 Å². The number of rotatable bonds is 5. The molecule has 0 bridgehead atoms. The molecule has 1 aliphatic rings. The molecule has 0 saturated carbocycles. The maximum atomic E-state index is 13.5. The monoisotopic (exact) mass is 455 g/mol. The summed E-state index contributed by atoms with van der Waals surface area (Å²) < 4.78 is 1.96. The van der Waals surface area contributed by atoms with Gasteiger partial charge in [-0.05, 0) is 53.6 Å². The lowest BCUT2D eigenvalue weighted by Crippen LogP contribution is -2.22. The minimum Gasteiger partial charge on any atom is -0.370 e. The highest BCUT2D eigenvalue weighted by Crippen LogP contribution is 2.33. The van der Waals surface area contributed by atoms with Crippen LogP contribution in [0.4, 0.5) is 11.4 Å². The molecule has 33 heavy (non-hydrogen) atoms. The molecule has 4 aromatic rings. The lowest BCUT2D eigenvalue weighted by Gasteiger charge is -2.18. The van der Waals surface area contributed by atoms with Crippen molar-refractivity contribution in [2.45, 2.75) is 19.0 Å². The first-order chi connectivity index (χ1) is 16.1. The quantitative estimate of drug-likeness (QED) is 0.378. The van der Waals surface area contributed by atoms with Crippen LogP contribution in [-0.4, -0.2) is 16.3 Å². The molecule has 3 aromatic carbocycles. The van der Waals surface area contributed by atoms with E-state index in [-0.39, 0.29) is 11.7 Å². The SMILES string of the molecule is O=C(Cc1ccccc1)Nc1ccc(C(=O)C2Nc3ccccc3Cn3c(Cl)ccc32)cc1. The van der Waals surface area contributed by atoms with Crippen LogP contribution in [0.15, 0.2) is 91.0 Å². The van der Waals surface area contributed by atoms with Crippen molar-refractivity contribution in [2.24, 2.45) is 0 Å². The average Bonchev–Trinajstić information content (AvgIpc) is 3.09. The molecule has 5 rings (SSSR count). The highest BCUT2D eigenvalue weighted by atomic mass is 35.5. The van der Waals surface area contributed by atoms with Gasteiger partial charge in [-0.2, -0.15) is 0 Å². The summed E-state index contributed by atoms with van der Waals surface area (Å²) in [6.45, 7) is 0.598. The molecule has 0 fully saturated rings. The van der Waals surface area contributed by atoms with Crippen LogP contribution in [0, 0.1) is 0 Å². The first-order valence-electron chi connectivity index (χ1n) is 10.8. The molecule has 1 amide bonds. The van der Waals surface area contributed by atoms with E-state index in [1.807, 2.05) is 71.3 Å². The molecular formula is C27H22ClN3O2. The van der Waals surface area contributed by atoms with Crippen molar-refractivity contribution in [1.29, 1.82) is 0 Å². The molecule has 1 aromatic heterocycles. The minimum atomic E-state index is -0.570. The number of hydrogen-bond acceptors (Lipinski definition) is 3. The summed E-state index contributed by atoms with van der Waals surface area (Å²) in [5.74, 6) is -0.167. The number of Topliss-reactive ketones (excluding diaryl/α,β-unsaturated/α-hetero) is 1. The predicted molar refractivity (Wildman–Crippen MR) is 131 cm³/mol. The fourth-order valence-electron chi connectivity index (χ4n) is 4.15. The van der Waals surface area contributed by atoms with E-state index in [9.17, 15) is 9.59 Å². The van der Waals surface area contributed by atoms with Crippen molar-refractivity contribution >= 4 is 34.7 Å². The Morgan fingerprint density at radius 1 is 0.909 bits per heavy atom. The van der Waals surface area contributed by atoms with Gasteiger partial charge in [-0.15, -0.1) is 0 Å². The second kappa shape index (κ2) is 8.96. The number of nitrogens with one attached hydrogen (secondary N) is 2. The largest absolute Gasteiger partial charge is 0.370 e. The number of para-hydroxylation sites is 1. The Morgan fingerprint density at radius 3 is 2.42 bits per heavy atom. The van der Waals surface area contributed by atoms with E-state index in [1.165, 1.54) is 0 Å². The molecule has 0 saturated heterocycles. The topological polar surface area (TPSA) is 63.1 Å². The molecule has 2 heterocycles. The number of amides is 1. The molecule has 5 nitrogen and oxygen atoms in total. The van der Waals surface area contributed by atoms with Gasteiger partial charge in [0.25, 0.3) is 0 Å². The van der Waals surface area contributed by atoms with Crippen molar-refractivity contribution in [3.05, 3.63) is 119 Å². The van der Waals surface area contributed by atoms with Crippen LogP contribution in [0.3, 0.4) is 0 Å². The third kappa shape index (κ3) is 4.41. The van der Waals surface area contributed by atoms with Crippen LogP contribution in [0.5, 0.6) is 0 Å². The number of nitrogens with zero attached hydrogens (tertiary/aromatic N) is 1. The highest BCUT2D eigenvalue weighted by Gasteiger charge is 2.29. The fraction of sp³-hybridized carbons (Fsp3) is 0.111. The summed E-state index contributed by atoms with van der Waals surface area (Å²) in [7, 11) is 0. The molecule has 164 valence electrons. The van der Waals surface area contributed by atoms with Gasteiger partial charge in [-0.1, -0.05) is 60.1 Å².